The molecular weight excluding hydrogens is 210 g/mol. The van der Waals surface area contributed by atoms with Gasteiger partial charge in [-0.3, -0.25) is 4.79 Å². The number of amides is 1. The van der Waals surface area contributed by atoms with Crippen LogP contribution in [0.5, 0.6) is 0 Å². The van der Waals surface area contributed by atoms with Gasteiger partial charge < -0.3 is 19.1 Å². The van der Waals surface area contributed by atoms with E-state index in [0.717, 1.165) is 6.42 Å². The molecule has 94 valence electrons. The van der Waals surface area contributed by atoms with E-state index in [1.165, 1.54) is 0 Å². The Hall–Kier alpha value is -0.650. The van der Waals surface area contributed by atoms with E-state index >= 15 is 0 Å². The molecule has 2 unspecified atom stereocenters. The molecule has 0 spiro atoms. The molecule has 1 rings (SSSR count). The number of carbonyl (C=O) groups excluding carboxylic acids is 1. The van der Waals surface area contributed by atoms with Gasteiger partial charge in [0.1, 0.15) is 18.8 Å². The first kappa shape index (κ1) is 13.4. The predicted octanol–water partition coefficient (Wildman–Crippen LogP) is 0.285. The lowest BCUT2D eigenvalue weighted by molar-refractivity contribution is -0.135. The molecule has 16 heavy (non-hydrogen) atoms. The summed E-state index contributed by atoms with van der Waals surface area (Å²) in [6.45, 7) is 3.97. The number of likely N-dealkylation sites (tertiary alicyclic amines) is 1. The molecule has 1 saturated heterocycles. The van der Waals surface area contributed by atoms with Crippen LogP contribution < -0.4 is 0 Å². The minimum atomic E-state index is -0.0277. The van der Waals surface area contributed by atoms with Crippen molar-refractivity contribution in [2.45, 2.75) is 25.6 Å². The minimum absolute atomic E-state index is 0.00931. The van der Waals surface area contributed by atoms with Gasteiger partial charge in [0.2, 0.25) is 5.91 Å². The van der Waals surface area contributed by atoms with Crippen molar-refractivity contribution in [2.75, 3.05) is 40.5 Å². The van der Waals surface area contributed by atoms with Crippen molar-refractivity contribution in [3.8, 4) is 0 Å². The Morgan fingerprint density at radius 2 is 1.81 bits per heavy atom. The number of hydrogen-bond donors (Lipinski definition) is 0. The molecule has 0 aromatic carbocycles. The number of carbonyl (C=O) groups is 1. The Bertz CT molecular complexity index is 210. The number of methoxy groups -OCH3 is 2. The molecule has 0 radical (unpaired) electrons. The summed E-state index contributed by atoms with van der Waals surface area (Å²) in [6.07, 6.45) is 0.870. The molecular formula is C11H21NO4. The third-order valence-electron chi connectivity index (χ3n) is 2.75. The van der Waals surface area contributed by atoms with Crippen molar-refractivity contribution in [1.82, 2.24) is 4.90 Å². The summed E-state index contributed by atoms with van der Waals surface area (Å²) < 4.78 is 15.7. The first-order valence-corrected chi connectivity index (χ1v) is 5.64. The van der Waals surface area contributed by atoms with Crippen molar-refractivity contribution in [3.63, 3.8) is 0 Å². The Morgan fingerprint density at radius 1 is 1.25 bits per heavy atom. The number of rotatable bonds is 6. The van der Waals surface area contributed by atoms with E-state index in [2.05, 4.69) is 0 Å². The highest BCUT2D eigenvalue weighted by molar-refractivity contribution is 5.77. The third-order valence-corrected chi connectivity index (χ3v) is 2.75. The number of ether oxygens (including phenoxy) is 3. The number of nitrogens with zero attached hydrogens (tertiary/aromatic N) is 1. The van der Waals surface area contributed by atoms with E-state index in [1.54, 1.807) is 19.1 Å². The van der Waals surface area contributed by atoms with Crippen LogP contribution in [-0.2, 0) is 19.0 Å². The highest BCUT2D eigenvalue weighted by Crippen LogP contribution is 2.15. The zero-order valence-electron chi connectivity index (χ0n) is 10.3. The molecule has 5 nitrogen and oxygen atoms in total. The largest absolute Gasteiger partial charge is 0.377 e. The van der Waals surface area contributed by atoms with Crippen LogP contribution in [0.1, 0.15) is 13.3 Å². The zero-order chi connectivity index (χ0) is 12.0. The van der Waals surface area contributed by atoms with E-state index in [9.17, 15) is 4.79 Å². The van der Waals surface area contributed by atoms with Crippen LogP contribution in [-0.4, -0.2) is 63.5 Å². The van der Waals surface area contributed by atoms with Gasteiger partial charge >= 0.3 is 0 Å². The second-order valence-electron chi connectivity index (χ2n) is 3.90. The quantitative estimate of drug-likeness (QED) is 0.616. The van der Waals surface area contributed by atoms with Gasteiger partial charge in [0.15, 0.2) is 0 Å². The van der Waals surface area contributed by atoms with Crippen molar-refractivity contribution in [2.24, 2.45) is 0 Å². The van der Waals surface area contributed by atoms with E-state index in [0.29, 0.717) is 19.7 Å². The Labute approximate surface area is 96.6 Å². The first-order valence-electron chi connectivity index (χ1n) is 5.64. The molecule has 1 aliphatic heterocycles. The Morgan fingerprint density at radius 3 is 2.25 bits per heavy atom. The van der Waals surface area contributed by atoms with Gasteiger partial charge in [0.25, 0.3) is 0 Å². The molecule has 1 heterocycles. The first-order chi connectivity index (χ1) is 7.72. The smallest absolute Gasteiger partial charge is 0.248 e. The molecule has 0 aromatic rings. The topological polar surface area (TPSA) is 48.0 Å². The standard InChI is InChI=1S/C11H21NO4/c1-4-5-16-8-11(13)12-6-9(14-2)10(7-12)15-3/h9-10H,4-8H2,1-3H3. The van der Waals surface area contributed by atoms with Gasteiger partial charge in [0.05, 0.1) is 0 Å². The number of hydrogen-bond acceptors (Lipinski definition) is 4. The molecule has 1 amide bonds. The molecule has 0 bridgehead atoms. The van der Waals surface area contributed by atoms with Crippen LogP contribution in [0.25, 0.3) is 0 Å². The lowest BCUT2D eigenvalue weighted by atomic mass is 10.3. The van der Waals surface area contributed by atoms with Gasteiger partial charge in [-0.05, 0) is 6.42 Å². The van der Waals surface area contributed by atoms with Crippen molar-refractivity contribution in [1.29, 1.82) is 0 Å². The monoisotopic (exact) mass is 231 g/mol. The maximum atomic E-state index is 11.7. The summed E-state index contributed by atoms with van der Waals surface area (Å²) in [4.78, 5) is 13.5. The molecule has 1 fully saturated rings. The van der Waals surface area contributed by atoms with Gasteiger partial charge in [-0.2, -0.15) is 0 Å². The average Bonchev–Trinajstić information content (AvgIpc) is 2.72. The molecule has 0 aromatic heterocycles. The van der Waals surface area contributed by atoms with Gasteiger partial charge in [-0.25, -0.2) is 0 Å². The fourth-order valence-corrected chi connectivity index (χ4v) is 1.80. The van der Waals surface area contributed by atoms with Crippen molar-refractivity contribution < 1.29 is 19.0 Å². The molecule has 0 N–H and O–H groups in total. The SMILES string of the molecule is CCCOCC(=O)N1CC(OC)C(OC)C1. The van der Waals surface area contributed by atoms with Crippen LogP contribution in [0.2, 0.25) is 0 Å². The minimum Gasteiger partial charge on any atom is -0.377 e. The molecule has 0 aliphatic carbocycles. The van der Waals surface area contributed by atoms with Crippen LogP contribution in [0.3, 0.4) is 0 Å². The maximum absolute atomic E-state index is 11.7. The Balaban J connectivity index is 2.35. The molecule has 2 atom stereocenters. The van der Waals surface area contributed by atoms with Crippen LogP contribution in [0.15, 0.2) is 0 Å². The maximum Gasteiger partial charge on any atom is 0.248 e. The van der Waals surface area contributed by atoms with Crippen LogP contribution in [0, 0.1) is 0 Å². The molecule has 0 saturated carbocycles. The van der Waals surface area contributed by atoms with Crippen molar-refractivity contribution >= 4 is 5.91 Å². The van der Waals surface area contributed by atoms with Gasteiger partial charge in [0, 0.05) is 33.9 Å². The summed E-state index contributed by atoms with van der Waals surface area (Å²) in [6, 6.07) is 0. The van der Waals surface area contributed by atoms with Crippen LogP contribution >= 0.6 is 0 Å². The van der Waals surface area contributed by atoms with Gasteiger partial charge in [-0.15, -0.1) is 0 Å². The van der Waals surface area contributed by atoms with Gasteiger partial charge in [-0.1, -0.05) is 6.92 Å². The second kappa shape index (κ2) is 6.83. The van der Waals surface area contributed by atoms with Crippen molar-refractivity contribution in [3.05, 3.63) is 0 Å². The normalized spacial score (nSPS) is 25.1. The summed E-state index contributed by atoms with van der Waals surface area (Å²) >= 11 is 0. The summed E-state index contributed by atoms with van der Waals surface area (Å²) in [5.41, 5.74) is 0. The third kappa shape index (κ3) is 3.43. The van der Waals surface area contributed by atoms with E-state index in [4.69, 9.17) is 14.2 Å². The Kier molecular flexibility index (Phi) is 5.73. The second-order valence-corrected chi connectivity index (χ2v) is 3.90. The van der Waals surface area contributed by atoms with E-state index in [1.807, 2.05) is 6.92 Å². The lowest BCUT2D eigenvalue weighted by Gasteiger charge is -2.15. The molecule has 5 heteroatoms. The van der Waals surface area contributed by atoms with E-state index in [-0.39, 0.29) is 24.7 Å². The fourth-order valence-electron chi connectivity index (χ4n) is 1.80. The summed E-state index contributed by atoms with van der Waals surface area (Å²) in [7, 11) is 3.27. The highest BCUT2D eigenvalue weighted by Gasteiger charge is 2.35. The van der Waals surface area contributed by atoms with E-state index < -0.39 is 0 Å². The predicted molar refractivity (Wildman–Crippen MR) is 59.3 cm³/mol. The lowest BCUT2D eigenvalue weighted by Crippen LogP contribution is -2.33. The average molecular weight is 231 g/mol. The van der Waals surface area contributed by atoms with Crippen LogP contribution in [0.4, 0.5) is 0 Å². The summed E-state index contributed by atoms with van der Waals surface area (Å²) in [5, 5.41) is 0. The zero-order valence-corrected chi connectivity index (χ0v) is 10.3. The fraction of sp³-hybridized carbons (Fsp3) is 0.909. The molecule has 1 aliphatic rings. The highest BCUT2D eigenvalue weighted by atomic mass is 16.5. The summed E-state index contributed by atoms with van der Waals surface area (Å²) in [5.74, 6) is 0.00931.